The predicted octanol–water partition coefficient (Wildman–Crippen LogP) is 2.03. The second-order valence-corrected chi connectivity index (χ2v) is 4.97. The topological polar surface area (TPSA) is 99.0 Å². The van der Waals surface area contributed by atoms with E-state index in [4.69, 9.17) is 4.74 Å². The van der Waals surface area contributed by atoms with E-state index in [2.05, 4.69) is 4.74 Å². The first-order valence-electron chi connectivity index (χ1n) is 7.67. The number of nitrogens with zero attached hydrogens (tertiary/aromatic N) is 2. The number of ether oxygens (including phenoxy) is 2. The minimum Gasteiger partial charge on any atom is -0.469 e. The summed E-state index contributed by atoms with van der Waals surface area (Å²) in [5.74, 6) is -0.688. The smallest absolute Gasteiger partial charge is 0.307 e. The number of carbonyl (C=O) groups is 2. The lowest BCUT2D eigenvalue weighted by Gasteiger charge is -2.22. The molecule has 0 aliphatic carbocycles. The Morgan fingerprint density at radius 1 is 1.21 bits per heavy atom. The summed E-state index contributed by atoms with van der Waals surface area (Å²) in [7, 11) is 1.29. The van der Waals surface area contributed by atoms with Gasteiger partial charge in [0.2, 0.25) is 0 Å². The first kappa shape index (κ1) is 19.6. The quantitative estimate of drug-likeness (QED) is 0.280. The summed E-state index contributed by atoms with van der Waals surface area (Å²) in [5, 5.41) is 10.7. The molecule has 24 heavy (non-hydrogen) atoms. The Labute approximate surface area is 140 Å². The maximum atomic E-state index is 12.6. The highest BCUT2D eigenvalue weighted by molar-refractivity contribution is 5.94. The Morgan fingerprint density at radius 2 is 1.88 bits per heavy atom. The molecule has 0 N–H and O–H groups in total. The summed E-state index contributed by atoms with van der Waals surface area (Å²) in [4.78, 5) is 35.5. The Balaban J connectivity index is 2.76. The van der Waals surface area contributed by atoms with E-state index in [9.17, 15) is 19.7 Å². The highest BCUT2D eigenvalue weighted by Gasteiger charge is 2.18. The van der Waals surface area contributed by atoms with Crippen LogP contribution in [0.25, 0.3) is 0 Å². The van der Waals surface area contributed by atoms with Crippen LogP contribution >= 0.6 is 0 Å². The van der Waals surface area contributed by atoms with Crippen LogP contribution in [0, 0.1) is 10.1 Å². The van der Waals surface area contributed by atoms with Crippen molar-refractivity contribution in [1.29, 1.82) is 0 Å². The molecular weight excluding hydrogens is 316 g/mol. The maximum absolute atomic E-state index is 12.6. The standard InChI is InChI=1S/C16H22N2O6/c1-3-24-12-4-10-17(11-9-15(19)23-2)16(20)13-5-7-14(8-6-13)18(21)22/h5-8H,3-4,9-12H2,1-2H3. The fourth-order valence-electron chi connectivity index (χ4n) is 2.05. The molecule has 0 bridgehead atoms. The summed E-state index contributed by atoms with van der Waals surface area (Å²) in [6, 6.07) is 5.39. The fraction of sp³-hybridized carbons (Fsp3) is 0.500. The lowest BCUT2D eigenvalue weighted by Crippen LogP contribution is -2.34. The van der Waals surface area contributed by atoms with Crippen LogP contribution in [0.1, 0.15) is 30.1 Å². The van der Waals surface area contributed by atoms with Crippen LogP contribution in [0.15, 0.2) is 24.3 Å². The molecule has 8 nitrogen and oxygen atoms in total. The van der Waals surface area contributed by atoms with Crippen molar-refractivity contribution >= 4 is 17.6 Å². The van der Waals surface area contributed by atoms with E-state index in [1.807, 2.05) is 6.92 Å². The van der Waals surface area contributed by atoms with Crippen LogP contribution in [0.4, 0.5) is 5.69 Å². The third-order valence-electron chi connectivity index (χ3n) is 3.35. The number of benzene rings is 1. The largest absolute Gasteiger partial charge is 0.469 e. The van der Waals surface area contributed by atoms with Crippen LogP contribution < -0.4 is 0 Å². The number of nitro benzene ring substituents is 1. The number of carbonyl (C=O) groups excluding carboxylic acids is 2. The lowest BCUT2D eigenvalue weighted by molar-refractivity contribution is -0.384. The Kier molecular flexibility index (Phi) is 8.42. The van der Waals surface area contributed by atoms with Crippen molar-refractivity contribution in [2.75, 3.05) is 33.4 Å². The Morgan fingerprint density at radius 3 is 2.42 bits per heavy atom. The molecule has 132 valence electrons. The zero-order valence-electron chi connectivity index (χ0n) is 13.9. The molecule has 0 aromatic heterocycles. The van der Waals surface area contributed by atoms with Crippen molar-refractivity contribution in [3.63, 3.8) is 0 Å². The van der Waals surface area contributed by atoms with Gasteiger partial charge in [-0.25, -0.2) is 0 Å². The summed E-state index contributed by atoms with van der Waals surface area (Å²) >= 11 is 0. The van der Waals surface area contributed by atoms with Gasteiger partial charge in [-0.2, -0.15) is 0 Å². The van der Waals surface area contributed by atoms with Gasteiger partial charge >= 0.3 is 5.97 Å². The molecule has 1 aromatic rings. The zero-order valence-corrected chi connectivity index (χ0v) is 13.9. The molecule has 8 heteroatoms. The number of nitro groups is 1. The van der Waals surface area contributed by atoms with Crippen LogP contribution in [-0.4, -0.2) is 55.1 Å². The lowest BCUT2D eigenvalue weighted by atomic mass is 10.1. The van der Waals surface area contributed by atoms with E-state index in [0.29, 0.717) is 31.7 Å². The molecule has 0 aliphatic rings. The highest BCUT2D eigenvalue weighted by Crippen LogP contribution is 2.14. The molecule has 0 saturated carbocycles. The monoisotopic (exact) mass is 338 g/mol. The van der Waals surface area contributed by atoms with Crippen LogP contribution in [0.3, 0.4) is 0 Å². The molecule has 0 aliphatic heterocycles. The molecule has 0 radical (unpaired) electrons. The van der Waals surface area contributed by atoms with E-state index in [-0.39, 0.29) is 24.6 Å². The highest BCUT2D eigenvalue weighted by atomic mass is 16.6. The molecular formula is C16H22N2O6. The Hall–Kier alpha value is -2.48. The first-order valence-corrected chi connectivity index (χ1v) is 7.67. The van der Waals surface area contributed by atoms with E-state index in [1.165, 1.54) is 36.3 Å². The average Bonchev–Trinajstić information content (AvgIpc) is 2.60. The van der Waals surface area contributed by atoms with Crippen molar-refractivity contribution in [3.05, 3.63) is 39.9 Å². The van der Waals surface area contributed by atoms with E-state index in [0.717, 1.165) is 0 Å². The molecule has 0 fully saturated rings. The number of non-ortho nitro benzene ring substituents is 1. The van der Waals surface area contributed by atoms with E-state index in [1.54, 1.807) is 0 Å². The summed E-state index contributed by atoms with van der Waals surface area (Å²) in [6.07, 6.45) is 0.720. The maximum Gasteiger partial charge on any atom is 0.307 e. The SMILES string of the molecule is CCOCCCN(CCC(=O)OC)C(=O)c1ccc([N+](=O)[O-])cc1. The van der Waals surface area contributed by atoms with E-state index < -0.39 is 10.9 Å². The molecule has 1 rings (SSSR count). The normalized spacial score (nSPS) is 10.2. The zero-order chi connectivity index (χ0) is 17.9. The van der Waals surface area contributed by atoms with Gasteiger partial charge in [-0.3, -0.25) is 19.7 Å². The van der Waals surface area contributed by atoms with Gasteiger partial charge in [0.1, 0.15) is 0 Å². The van der Waals surface area contributed by atoms with Gasteiger partial charge in [-0.05, 0) is 25.5 Å². The number of hydrogen-bond acceptors (Lipinski definition) is 6. The third kappa shape index (κ3) is 6.33. The summed E-state index contributed by atoms with van der Waals surface area (Å²) < 4.78 is 9.85. The molecule has 0 spiro atoms. The number of methoxy groups -OCH3 is 1. The third-order valence-corrected chi connectivity index (χ3v) is 3.35. The van der Waals surface area contributed by atoms with Gasteiger partial charge in [0.25, 0.3) is 11.6 Å². The van der Waals surface area contributed by atoms with Gasteiger partial charge in [-0.15, -0.1) is 0 Å². The molecule has 0 heterocycles. The molecule has 0 atom stereocenters. The van der Waals surface area contributed by atoms with Gasteiger partial charge in [0, 0.05) is 44.0 Å². The second kappa shape index (κ2) is 10.3. The van der Waals surface area contributed by atoms with Crippen molar-refractivity contribution in [1.82, 2.24) is 4.90 Å². The van der Waals surface area contributed by atoms with Gasteiger partial charge < -0.3 is 14.4 Å². The number of hydrogen-bond donors (Lipinski definition) is 0. The molecule has 0 unspecified atom stereocenters. The van der Waals surface area contributed by atoms with Gasteiger partial charge in [0.05, 0.1) is 18.5 Å². The van der Waals surface area contributed by atoms with Crippen molar-refractivity contribution in [3.8, 4) is 0 Å². The predicted molar refractivity (Wildman–Crippen MR) is 86.7 cm³/mol. The fourth-order valence-corrected chi connectivity index (χ4v) is 2.05. The van der Waals surface area contributed by atoms with Crippen molar-refractivity contribution in [2.45, 2.75) is 19.8 Å². The van der Waals surface area contributed by atoms with Crippen LogP contribution in [0.5, 0.6) is 0 Å². The van der Waals surface area contributed by atoms with Crippen molar-refractivity contribution < 1.29 is 24.0 Å². The van der Waals surface area contributed by atoms with E-state index >= 15 is 0 Å². The molecule has 0 saturated heterocycles. The minimum absolute atomic E-state index is 0.0796. The summed E-state index contributed by atoms with van der Waals surface area (Å²) in [6.45, 7) is 3.63. The first-order chi connectivity index (χ1) is 11.5. The van der Waals surface area contributed by atoms with Crippen molar-refractivity contribution in [2.24, 2.45) is 0 Å². The number of rotatable bonds is 10. The second-order valence-electron chi connectivity index (χ2n) is 4.97. The van der Waals surface area contributed by atoms with Crippen LogP contribution in [-0.2, 0) is 14.3 Å². The van der Waals surface area contributed by atoms with Crippen LogP contribution in [0.2, 0.25) is 0 Å². The Bertz CT molecular complexity index is 558. The average molecular weight is 338 g/mol. The van der Waals surface area contributed by atoms with Gasteiger partial charge in [-0.1, -0.05) is 0 Å². The number of esters is 1. The minimum atomic E-state index is -0.522. The number of amides is 1. The summed E-state index contributed by atoms with van der Waals surface area (Å²) in [5.41, 5.74) is 0.255. The van der Waals surface area contributed by atoms with Gasteiger partial charge in [0.15, 0.2) is 0 Å². The molecule has 1 aromatic carbocycles. The molecule has 1 amide bonds.